The summed E-state index contributed by atoms with van der Waals surface area (Å²) >= 11 is 0. The van der Waals surface area contributed by atoms with Gasteiger partial charge in [-0.3, -0.25) is 9.59 Å². The first-order valence-corrected chi connectivity index (χ1v) is 12.4. The van der Waals surface area contributed by atoms with Gasteiger partial charge in [-0.25, -0.2) is 0 Å². The lowest BCUT2D eigenvalue weighted by Crippen LogP contribution is -2.53. The molecule has 2 fully saturated rings. The summed E-state index contributed by atoms with van der Waals surface area (Å²) < 4.78 is 11.5. The summed E-state index contributed by atoms with van der Waals surface area (Å²) in [6, 6.07) is 1.28. The third-order valence-corrected chi connectivity index (χ3v) is 7.03. The Morgan fingerprint density at radius 2 is 0.871 bits per heavy atom. The monoisotopic (exact) mass is 438 g/mol. The van der Waals surface area contributed by atoms with Crippen molar-refractivity contribution in [2.45, 2.75) is 124 Å². The van der Waals surface area contributed by atoms with E-state index in [1.54, 1.807) is 0 Å². The maximum Gasteiger partial charge on any atom is 0.317 e. The first-order chi connectivity index (χ1) is 14.5. The first-order valence-electron chi connectivity index (χ1n) is 12.4. The highest BCUT2D eigenvalue weighted by Crippen LogP contribution is 2.27. The molecule has 0 amide bonds. The van der Waals surface area contributed by atoms with Crippen LogP contribution >= 0.6 is 0 Å². The average molecular weight is 439 g/mol. The van der Waals surface area contributed by atoms with Crippen LogP contribution in [-0.2, 0) is 19.1 Å². The molecule has 0 aromatic rings. The molecule has 180 valence electrons. The molecule has 2 heterocycles. The molecule has 6 nitrogen and oxygen atoms in total. The van der Waals surface area contributed by atoms with E-state index in [4.69, 9.17) is 9.47 Å². The van der Waals surface area contributed by atoms with Crippen molar-refractivity contribution in [1.82, 2.24) is 10.6 Å². The molecule has 6 heteroatoms. The molecule has 0 aliphatic carbocycles. The van der Waals surface area contributed by atoms with E-state index in [0.717, 1.165) is 25.7 Å². The number of carbonyl (C=O) groups is 2. The van der Waals surface area contributed by atoms with Crippen molar-refractivity contribution >= 4 is 11.9 Å². The van der Waals surface area contributed by atoms with E-state index >= 15 is 0 Å². The molecule has 0 aromatic heterocycles. The first kappa shape index (κ1) is 26.1. The summed E-state index contributed by atoms with van der Waals surface area (Å²) in [6.07, 6.45) is 2.59. The van der Waals surface area contributed by atoms with Crippen LogP contribution in [0.25, 0.3) is 0 Å². The van der Waals surface area contributed by atoms with Gasteiger partial charge >= 0.3 is 11.9 Å². The second-order valence-corrected chi connectivity index (χ2v) is 11.1. The topological polar surface area (TPSA) is 76.7 Å². The molecule has 31 heavy (non-hydrogen) atoms. The van der Waals surface area contributed by atoms with Crippen LogP contribution in [0.15, 0.2) is 0 Å². The molecular weight excluding hydrogens is 392 g/mol. The SMILES string of the molecule is CC(C)C1CC(OC(=O)CC(=O)OC2CC(C(C)C)NC(C(C)C)C2)CC(C(C)C)N1. The van der Waals surface area contributed by atoms with Crippen LogP contribution in [0, 0.1) is 23.7 Å². The molecule has 0 bridgehead atoms. The molecule has 4 unspecified atom stereocenters. The molecule has 0 radical (unpaired) electrons. The quantitative estimate of drug-likeness (QED) is 0.439. The van der Waals surface area contributed by atoms with Crippen LogP contribution < -0.4 is 10.6 Å². The Morgan fingerprint density at radius 3 is 1.10 bits per heavy atom. The normalized spacial score (nSPS) is 32.0. The highest BCUT2D eigenvalue weighted by molar-refractivity contribution is 5.91. The summed E-state index contributed by atoms with van der Waals surface area (Å²) in [5, 5.41) is 7.38. The number of nitrogens with one attached hydrogen (secondary N) is 2. The summed E-state index contributed by atoms with van der Waals surface area (Å²) in [5.74, 6) is 0.949. The molecule has 2 N–H and O–H groups in total. The van der Waals surface area contributed by atoms with Gasteiger partial charge in [0.25, 0.3) is 0 Å². The van der Waals surface area contributed by atoms with E-state index in [1.807, 2.05) is 0 Å². The summed E-state index contributed by atoms with van der Waals surface area (Å²) in [5.41, 5.74) is 0. The fraction of sp³-hybridized carbons (Fsp3) is 0.920. The van der Waals surface area contributed by atoms with Crippen LogP contribution in [0.2, 0.25) is 0 Å². The largest absolute Gasteiger partial charge is 0.462 e. The van der Waals surface area contributed by atoms with Crippen molar-refractivity contribution in [3.8, 4) is 0 Å². The molecule has 2 aliphatic heterocycles. The Labute approximate surface area is 189 Å². The van der Waals surface area contributed by atoms with E-state index in [0.29, 0.717) is 47.8 Å². The van der Waals surface area contributed by atoms with Gasteiger partial charge in [0.2, 0.25) is 0 Å². The zero-order valence-electron chi connectivity index (χ0n) is 20.9. The molecule has 0 aromatic carbocycles. The highest BCUT2D eigenvalue weighted by Gasteiger charge is 2.35. The standard InChI is InChI=1S/C25H46N2O4/c1-14(2)20-9-18(10-21(26-20)15(3)4)30-24(28)13-25(29)31-19-11-22(16(5)6)27-23(12-19)17(7)8/h14-23,26-27H,9-13H2,1-8H3. The minimum Gasteiger partial charge on any atom is -0.462 e. The Balaban J connectivity index is 1.87. The van der Waals surface area contributed by atoms with Crippen molar-refractivity contribution in [1.29, 1.82) is 0 Å². The highest BCUT2D eigenvalue weighted by atomic mass is 16.6. The minimum absolute atomic E-state index is 0.143. The number of hydrogen-bond acceptors (Lipinski definition) is 6. The average Bonchev–Trinajstić information content (AvgIpc) is 2.66. The van der Waals surface area contributed by atoms with Gasteiger partial charge < -0.3 is 20.1 Å². The van der Waals surface area contributed by atoms with E-state index in [2.05, 4.69) is 66.0 Å². The number of piperidine rings is 2. The Kier molecular flexibility index (Phi) is 9.81. The third-order valence-electron chi connectivity index (χ3n) is 7.03. The minimum atomic E-state index is -0.461. The number of esters is 2. The second-order valence-electron chi connectivity index (χ2n) is 11.1. The maximum absolute atomic E-state index is 12.5. The van der Waals surface area contributed by atoms with Crippen molar-refractivity contribution in [2.24, 2.45) is 23.7 Å². The fourth-order valence-electron chi connectivity index (χ4n) is 4.77. The Morgan fingerprint density at radius 1 is 0.613 bits per heavy atom. The molecule has 2 saturated heterocycles. The lowest BCUT2D eigenvalue weighted by molar-refractivity contribution is -0.163. The van der Waals surface area contributed by atoms with E-state index in [9.17, 15) is 9.59 Å². The predicted octanol–water partition coefficient (Wildman–Crippen LogP) is 4.07. The fourth-order valence-corrected chi connectivity index (χ4v) is 4.77. The molecular formula is C25H46N2O4. The number of rotatable bonds is 8. The molecule has 0 saturated carbocycles. The summed E-state index contributed by atoms with van der Waals surface area (Å²) in [4.78, 5) is 25.0. The zero-order chi connectivity index (χ0) is 23.3. The Bertz CT molecular complexity index is 508. The second kappa shape index (κ2) is 11.6. The van der Waals surface area contributed by atoms with Gasteiger partial charge in [0.05, 0.1) is 0 Å². The number of hydrogen-bond donors (Lipinski definition) is 2. The van der Waals surface area contributed by atoms with Crippen molar-refractivity contribution < 1.29 is 19.1 Å². The Hall–Kier alpha value is -1.14. The summed E-state index contributed by atoms with van der Waals surface area (Å²) in [7, 11) is 0. The van der Waals surface area contributed by atoms with Crippen molar-refractivity contribution in [3.63, 3.8) is 0 Å². The van der Waals surface area contributed by atoms with Gasteiger partial charge in [0, 0.05) is 49.9 Å². The number of carbonyl (C=O) groups excluding carboxylic acids is 2. The van der Waals surface area contributed by atoms with Crippen LogP contribution in [0.1, 0.15) is 87.5 Å². The van der Waals surface area contributed by atoms with E-state index in [-0.39, 0.29) is 18.6 Å². The van der Waals surface area contributed by atoms with Gasteiger partial charge in [0.1, 0.15) is 18.6 Å². The molecule has 2 rings (SSSR count). The van der Waals surface area contributed by atoms with Crippen molar-refractivity contribution in [2.75, 3.05) is 0 Å². The van der Waals surface area contributed by atoms with Gasteiger partial charge in [-0.2, -0.15) is 0 Å². The van der Waals surface area contributed by atoms with E-state index < -0.39 is 11.9 Å². The third kappa shape index (κ3) is 8.05. The van der Waals surface area contributed by atoms with Crippen molar-refractivity contribution in [3.05, 3.63) is 0 Å². The molecule has 4 atom stereocenters. The lowest BCUT2D eigenvalue weighted by Gasteiger charge is -2.40. The smallest absolute Gasteiger partial charge is 0.317 e. The summed E-state index contributed by atoms with van der Waals surface area (Å²) in [6.45, 7) is 17.5. The predicted molar refractivity (Wildman–Crippen MR) is 124 cm³/mol. The van der Waals surface area contributed by atoms with Crippen LogP contribution in [0.5, 0.6) is 0 Å². The van der Waals surface area contributed by atoms with E-state index in [1.165, 1.54) is 0 Å². The van der Waals surface area contributed by atoms with Gasteiger partial charge in [-0.1, -0.05) is 55.4 Å². The van der Waals surface area contributed by atoms with Crippen LogP contribution in [0.3, 0.4) is 0 Å². The van der Waals surface area contributed by atoms with Crippen LogP contribution in [0.4, 0.5) is 0 Å². The van der Waals surface area contributed by atoms with Gasteiger partial charge in [-0.05, 0) is 23.7 Å². The molecule has 0 spiro atoms. The van der Waals surface area contributed by atoms with Gasteiger partial charge in [-0.15, -0.1) is 0 Å². The van der Waals surface area contributed by atoms with Crippen LogP contribution in [-0.4, -0.2) is 48.3 Å². The zero-order valence-corrected chi connectivity index (χ0v) is 20.9. The molecule has 2 aliphatic rings. The van der Waals surface area contributed by atoms with Gasteiger partial charge in [0.15, 0.2) is 0 Å². The number of ether oxygens (including phenoxy) is 2. The maximum atomic E-state index is 12.5. The lowest BCUT2D eigenvalue weighted by atomic mass is 9.85.